The van der Waals surface area contributed by atoms with E-state index in [4.69, 9.17) is 19.9 Å². The number of nitriles is 1. The minimum atomic E-state index is -5.08. The van der Waals surface area contributed by atoms with E-state index in [1.807, 2.05) is 11.0 Å². The number of fused-ring (bicyclic) bond motifs is 1. The molecule has 3 aliphatic heterocycles. The van der Waals surface area contributed by atoms with Gasteiger partial charge in [0.15, 0.2) is 0 Å². The molecule has 0 aliphatic carbocycles. The average Bonchev–Trinajstić information content (AvgIpc) is 3.37. The molecule has 1 aromatic carbocycles. The van der Waals surface area contributed by atoms with Gasteiger partial charge in [0.2, 0.25) is 0 Å². The molecule has 174 valence electrons. The van der Waals surface area contributed by atoms with E-state index in [-0.39, 0.29) is 5.91 Å². The Morgan fingerprint density at radius 3 is 2.41 bits per heavy atom. The van der Waals surface area contributed by atoms with Gasteiger partial charge in [0, 0.05) is 50.5 Å². The number of nitrogens with zero attached hydrogens (tertiary/aromatic N) is 3. The summed E-state index contributed by atoms with van der Waals surface area (Å²) in [4.78, 5) is 26.5. The van der Waals surface area contributed by atoms with Gasteiger partial charge in [-0.05, 0) is 49.8 Å². The van der Waals surface area contributed by atoms with Gasteiger partial charge in [0.05, 0.1) is 11.6 Å². The first-order valence-corrected chi connectivity index (χ1v) is 10.6. The molecular formula is C22H26F3N3O4. The Labute approximate surface area is 184 Å². The number of carbonyl (C=O) groups is 2. The molecule has 7 nitrogen and oxygen atoms in total. The zero-order valence-electron chi connectivity index (χ0n) is 17.6. The fourth-order valence-corrected chi connectivity index (χ4v) is 4.70. The number of carboxylic acids is 1. The zero-order valence-corrected chi connectivity index (χ0v) is 17.6. The fourth-order valence-electron chi connectivity index (χ4n) is 4.70. The standard InChI is InChI=1S/C20H25N3O2.C2HF3O2/c21-13-16-2-1-3-17(12-16)20(24)23-9-5-18-19(23)4-8-22(18)14-15-6-10-25-11-7-15;3-2(4,5)1(6)7/h1-3,12,15,18-19H,4-11,14H2;(H,6,7)/t18-,19+;/m0./s1. The Hall–Kier alpha value is -2.64. The number of carbonyl (C=O) groups excluding carboxylic acids is 1. The smallest absolute Gasteiger partial charge is 0.475 e. The van der Waals surface area contributed by atoms with Gasteiger partial charge in [-0.15, -0.1) is 0 Å². The van der Waals surface area contributed by atoms with Crippen LogP contribution in [0, 0.1) is 17.2 Å². The molecule has 3 fully saturated rings. The van der Waals surface area contributed by atoms with E-state index in [1.165, 1.54) is 0 Å². The Morgan fingerprint density at radius 2 is 1.78 bits per heavy atom. The number of hydrogen-bond acceptors (Lipinski definition) is 5. The van der Waals surface area contributed by atoms with Crippen LogP contribution in [-0.4, -0.2) is 77.9 Å². The van der Waals surface area contributed by atoms with Crippen LogP contribution in [0.3, 0.4) is 0 Å². The molecule has 1 aromatic rings. The molecule has 3 saturated heterocycles. The van der Waals surface area contributed by atoms with Gasteiger partial charge in [-0.25, -0.2) is 4.79 Å². The van der Waals surface area contributed by atoms with Crippen LogP contribution in [-0.2, 0) is 9.53 Å². The summed E-state index contributed by atoms with van der Waals surface area (Å²) in [5.41, 5.74) is 1.19. The van der Waals surface area contributed by atoms with Crippen molar-refractivity contribution in [3.05, 3.63) is 35.4 Å². The predicted molar refractivity (Wildman–Crippen MR) is 108 cm³/mol. The summed E-state index contributed by atoms with van der Waals surface area (Å²) in [5.74, 6) is -1.94. The molecule has 2 atom stereocenters. The zero-order chi connectivity index (χ0) is 23.3. The van der Waals surface area contributed by atoms with Crippen LogP contribution >= 0.6 is 0 Å². The van der Waals surface area contributed by atoms with Crippen LogP contribution in [0.25, 0.3) is 0 Å². The molecule has 3 aliphatic rings. The number of rotatable bonds is 3. The van der Waals surface area contributed by atoms with E-state index >= 15 is 0 Å². The van der Waals surface area contributed by atoms with Crippen molar-refractivity contribution in [3.63, 3.8) is 0 Å². The quantitative estimate of drug-likeness (QED) is 0.757. The Morgan fingerprint density at radius 1 is 1.12 bits per heavy atom. The summed E-state index contributed by atoms with van der Waals surface area (Å²) in [6.07, 6.45) is -0.621. The van der Waals surface area contributed by atoms with Crippen molar-refractivity contribution in [1.82, 2.24) is 9.80 Å². The summed E-state index contributed by atoms with van der Waals surface area (Å²) in [6, 6.07) is 10.0. The van der Waals surface area contributed by atoms with Crippen LogP contribution in [0.15, 0.2) is 24.3 Å². The number of amides is 1. The highest BCUT2D eigenvalue weighted by Crippen LogP contribution is 2.34. The molecule has 0 spiro atoms. The van der Waals surface area contributed by atoms with Crippen molar-refractivity contribution in [2.75, 3.05) is 32.8 Å². The van der Waals surface area contributed by atoms with Gasteiger partial charge in [0.1, 0.15) is 0 Å². The van der Waals surface area contributed by atoms with Gasteiger partial charge in [-0.1, -0.05) is 6.07 Å². The first kappa shape index (κ1) is 24.0. The summed E-state index contributed by atoms with van der Waals surface area (Å²) < 4.78 is 37.2. The van der Waals surface area contributed by atoms with E-state index in [1.54, 1.807) is 18.2 Å². The van der Waals surface area contributed by atoms with Crippen molar-refractivity contribution >= 4 is 11.9 Å². The first-order valence-electron chi connectivity index (χ1n) is 10.6. The Kier molecular flexibility index (Phi) is 7.74. The van der Waals surface area contributed by atoms with Crippen molar-refractivity contribution in [2.45, 2.75) is 43.9 Å². The number of halogens is 3. The van der Waals surface area contributed by atoms with E-state index < -0.39 is 12.1 Å². The SMILES string of the molecule is N#Cc1cccc(C(=O)N2CC[C@H]3[C@H]2CCN3CC2CCOCC2)c1.O=C(O)C(F)(F)F. The Balaban J connectivity index is 0.000000360. The van der Waals surface area contributed by atoms with Gasteiger partial charge in [-0.3, -0.25) is 9.69 Å². The monoisotopic (exact) mass is 453 g/mol. The maximum Gasteiger partial charge on any atom is 0.490 e. The molecule has 1 N–H and O–H groups in total. The minimum absolute atomic E-state index is 0.0810. The summed E-state index contributed by atoms with van der Waals surface area (Å²) in [5, 5.41) is 16.2. The van der Waals surface area contributed by atoms with Gasteiger partial charge < -0.3 is 14.7 Å². The third kappa shape index (κ3) is 5.78. The van der Waals surface area contributed by atoms with E-state index in [0.29, 0.717) is 23.2 Å². The highest BCUT2D eigenvalue weighted by Gasteiger charge is 2.44. The lowest BCUT2D eigenvalue weighted by Gasteiger charge is -2.30. The van der Waals surface area contributed by atoms with Crippen LogP contribution in [0.2, 0.25) is 0 Å². The minimum Gasteiger partial charge on any atom is -0.475 e. The van der Waals surface area contributed by atoms with Crippen molar-refractivity contribution in [3.8, 4) is 6.07 Å². The molecule has 10 heteroatoms. The molecule has 1 amide bonds. The van der Waals surface area contributed by atoms with Crippen LogP contribution < -0.4 is 0 Å². The normalized spacial score (nSPS) is 23.8. The predicted octanol–water partition coefficient (Wildman–Crippen LogP) is 2.91. The molecule has 0 bridgehead atoms. The van der Waals surface area contributed by atoms with Gasteiger partial charge >= 0.3 is 12.1 Å². The van der Waals surface area contributed by atoms with Gasteiger partial charge in [0.25, 0.3) is 5.91 Å². The highest BCUT2D eigenvalue weighted by molar-refractivity contribution is 5.95. The molecule has 0 radical (unpaired) electrons. The number of alkyl halides is 3. The van der Waals surface area contributed by atoms with Gasteiger partial charge in [-0.2, -0.15) is 18.4 Å². The second-order valence-corrected chi connectivity index (χ2v) is 8.26. The third-order valence-electron chi connectivity index (χ3n) is 6.27. The van der Waals surface area contributed by atoms with E-state index in [9.17, 15) is 18.0 Å². The van der Waals surface area contributed by atoms with E-state index in [0.717, 1.165) is 64.4 Å². The molecule has 4 rings (SSSR count). The molecule has 3 heterocycles. The number of likely N-dealkylation sites (tertiary alicyclic amines) is 2. The molecule has 0 unspecified atom stereocenters. The lowest BCUT2D eigenvalue weighted by Crippen LogP contribution is -2.41. The molecule has 0 saturated carbocycles. The number of hydrogen-bond donors (Lipinski definition) is 1. The number of ether oxygens (including phenoxy) is 1. The van der Waals surface area contributed by atoms with Crippen molar-refractivity contribution in [1.29, 1.82) is 5.26 Å². The van der Waals surface area contributed by atoms with Crippen molar-refractivity contribution in [2.24, 2.45) is 5.92 Å². The van der Waals surface area contributed by atoms with Crippen LogP contribution in [0.5, 0.6) is 0 Å². The van der Waals surface area contributed by atoms with Crippen molar-refractivity contribution < 1.29 is 32.6 Å². The van der Waals surface area contributed by atoms with Crippen LogP contribution in [0.4, 0.5) is 13.2 Å². The van der Waals surface area contributed by atoms with E-state index in [2.05, 4.69) is 11.0 Å². The maximum absolute atomic E-state index is 12.9. The summed E-state index contributed by atoms with van der Waals surface area (Å²) in [7, 11) is 0. The maximum atomic E-state index is 12.9. The largest absolute Gasteiger partial charge is 0.490 e. The molecule has 0 aromatic heterocycles. The summed E-state index contributed by atoms with van der Waals surface area (Å²) in [6.45, 7) is 4.86. The molecule has 32 heavy (non-hydrogen) atoms. The Bertz CT molecular complexity index is 865. The van der Waals surface area contributed by atoms with Crippen LogP contribution in [0.1, 0.15) is 41.6 Å². The highest BCUT2D eigenvalue weighted by atomic mass is 19.4. The number of carboxylic acid groups (broad SMARTS) is 1. The first-order chi connectivity index (χ1) is 15.2. The fraction of sp³-hybridized carbons (Fsp3) is 0.591. The second kappa shape index (κ2) is 10.3. The average molecular weight is 453 g/mol. The lowest BCUT2D eigenvalue weighted by molar-refractivity contribution is -0.192. The third-order valence-corrected chi connectivity index (χ3v) is 6.27. The second-order valence-electron chi connectivity index (χ2n) is 8.26. The number of aliphatic carboxylic acids is 1. The molecular weight excluding hydrogens is 427 g/mol. The topological polar surface area (TPSA) is 93.9 Å². The lowest BCUT2D eigenvalue weighted by atomic mass is 9.99. The number of benzene rings is 1. The summed E-state index contributed by atoms with van der Waals surface area (Å²) >= 11 is 0.